The molecule has 0 amide bonds. The van der Waals surface area contributed by atoms with E-state index in [2.05, 4.69) is 15.3 Å². The van der Waals surface area contributed by atoms with Crippen molar-refractivity contribution in [2.75, 3.05) is 11.1 Å². The summed E-state index contributed by atoms with van der Waals surface area (Å²) in [5, 5.41) is 2.91. The number of anilines is 3. The van der Waals surface area contributed by atoms with Crippen LogP contribution in [-0.4, -0.2) is 9.97 Å². The lowest BCUT2D eigenvalue weighted by Crippen LogP contribution is -1.97. The van der Waals surface area contributed by atoms with E-state index in [4.69, 9.17) is 5.73 Å². The average Bonchev–Trinajstić information content (AvgIpc) is 2.17. The second-order valence-corrected chi connectivity index (χ2v) is 2.96. The summed E-state index contributed by atoms with van der Waals surface area (Å²) in [5.41, 5.74) is 6.10. The highest BCUT2D eigenvalue weighted by molar-refractivity contribution is 5.57. The Kier molecular flexibility index (Phi) is 2.45. The number of halogens is 1. The lowest BCUT2D eigenvalue weighted by molar-refractivity contribution is 0.628. The Labute approximate surface area is 86.0 Å². The molecular weight excluding hydrogens is 195 g/mol. The Morgan fingerprint density at radius 1 is 1.20 bits per heavy atom. The summed E-state index contributed by atoms with van der Waals surface area (Å²) in [5.74, 6) is 0.596. The van der Waals surface area contributed by atoms with Gasteiger partial charge in [0, 0.05) is 11.8 Å². The van der Waals surface area contributed by atoms with Crippen molar-refractivity contribution < 1.29 is 4.39 Å². The van der Waals surface area contributed by atoms with Crippen LogP contribution in [0.5, 0.6) is 0 Å². The highest BCUT2D eigenvalue weighted by Crippen LogP contribution is 2.15. The standard InChI is InChI=1S/C10H9FN4/c11-7-2-1-3-8(4-7)15-10-5-9(12)13-6-14-10/h1-6H,(H3,12,13,14,15). The molecule has 0 aliphatic carbocycles. The van der Waals surface area contributed by atoms with Gasteiger partial charge in [0.05, 0.1) is 0 Å². The molecule has 0 bridgehead atoms. The molecule has 3 N–H and O–H groups in total. The van der Waals surface area contributed by atoms with Gasteiger partial charge in [-0.15, -0.1) is 0 Å². The Morgan fingerprint density at radius 3 is 2.80 bits per heavy atom. The zero-order chi connectivity index (χ0) is 10.7. The van der Waals surface area contributed by atoms with Gasteiger partial charge < -0.3 is 11.1 Å². The number of aromatic nitrogens is 2. The molecule has 0 atom stereocenters. The minimum absolute atomic E-state index is 0.304. The summed E-state index contributed by atoms with van der Waals surface area (Å²) >= 11 is 0. The van der Waals surface area contributed by atoms with E-state index in [-0.39, 0.29) is 5.82 Å². The summed E-state index contributed by atoms with van der Waals surface area (Å²) in [4.78, 5) is 7.69. The number of hydrogen-bond acceptors (Lipinski definition) is 4. The van der Waals surface area contributed by atoms with Crippen LogP contribution in [-0.2, 0) is 0 Å². The highest BCUT2D eigenvalue weighted by Gasteiger charge is 1.97. The van der Waals surface area contributed by atoms with E-state index in [1.807, 2.05) is 0 Å². The third-order valence-corrected chi connectivity index (χ3v) is 1.79. The van der Waals surface area contributed by atoms with Crippen LogP contribution in [0.2, 0.25) is 0 Å². The first-order valence-electron chi connectivity index (χ1n) is 4.34. The molecule has 5 heteroatoms. The van der Waals surface area contributed by atoms with Gasteiger partial charge in [0.25, 0.3) is 0 Å². The van der Waals surface area contributed by atoms with Gasteiger partial charge in [0.2, 0.25) is 0 Å². The quantitative estimate of drug-likeness (QED) is 0.784. The minimum atomic E-state index is -0.304. The monoisotopic (exact) mass is 204 g/mol. The van der Waals surface area contributed by atoms with Crippen LogP contribution in [0.25, 0.3) is 0 Å². The smallest absolute Gasteiger partial charge is 0.135 e. The van der Waals surface area contributed by atoms with E-state index in [0.717, 1.165) is 0 Å². The maximum atomic E-state index is 12.9. The first kappa shape index (κ1) is 9.39. The zero-order valence-electron chi connectivity index (χ0n) is 7.81. The number of nitrogens with zero attached hydrogens (tertiary/aromatic N) is 2. The fraction of sp³-hybridized carbons (Fsp3) is 0. The van der Waals surface area contributed by atoms with Crippen LogP contribution < -0.4 is 11.1 Å². The van der Waals surface area contributed by atoms with E-state index in [0.29, 0.717) is 17.3 Å². The molecule has 0 aliphatic heterocycles. The van der Waals surface area contributed by atoms with Gasteiger partial charge in [-0.05, 0) is 18.2 Å². The second-order valence-electron chi connectivity index (χ2n) is 2.96. The molecule has 76 valence electrons. The molecule has 0 saturated carbocycles. The summed E-state index contributed by atoms with van der Waals surface area (Å²) in [7, 11) is 0. The van der Waals surface area contributed by atoms with Gasteiger partial charge in [-0.3, -0.25) is 0 Å². The third-order valence-electron chi connectivity index (χ3n) is 1.79. The first-order chi connectivity index (χ1) is 7.24. The number of nitrogens with two attached hydrogens (primary N) is 1. The fourth-order valence-electron chi connectivity index (χ4n) is 1.15. The van der Waals surface area contributed by atoms with Gasteiger partial charge >= 0.3 is 0 Å². The molecule has 2 rings (SSSR count). The van der Waals surface area contributed by atoms with Crippen LogP contribution >= 0.6 is 0 Å². The Morgan fingerprint density at radius 2 is 2.07 bits per heavy atom. The van der Waals surface area contributed by atoms with Gasteiger partial charge in [-0.25, -0.2) is 14.4 Å². The van der Waals surface area contributed by atoms with Crippen LogP contribution in [0.15, 0.2) is 36.7 Å². The molecule has 1 aromatic heterocycles. The molecule has 2 aromatic rings. The third kappa shape index (κ3) is 2.40. The summed E-state index contributed by atoms with van der Waals surface area (Å²) < 4.78 is 12.9. The van der Waals surface area contributed by atoms with E-state index in [1.165, 1.54) is 18.5 Å². The van der Waals surface area contributed by atoms with Crippen molar-refractivity contribution in [1.82, 2.24) is 9.97 Å². The van der Waals surface area contributed by atoms with Gasteiger partial charge in [-0.2, -0.15) is 0 Å². The maximum Gasteiger partial charge on any atom is 0.135 e. The fourth-order valence-corrected chi connectivity index (χ4v) is 1.15. The van der Waals surface area contributed by atoms with Crippen molar-refractivity contribution in [3.05, 3.63) is 42.5 Å². The van der Waals surface area contributed by atoms with E-state index < -0.39 is 0 Å². The van der Waals surface area contributed by atoms with E-state index in [9.17, 15) is 4.39 Å². The summed E-state index contributed by atoms with van der Waals surface area (Å²) in [6.07, 6.45) is 1.34. The van der Waals surface area contributed by atoms with Gasteiger partial charge in [0.1, 0.15) is 23.8 Å². The molecule has 0 spiro atoms. The molecule has 4 nitrogen and oxygen atoms in total. The Bertz CT molecular complexity index is 429. The van der Waals surface area contributed by atoms with Crippen LogP contribution in [0, 0.1) is 5.82 Å². The molecule has 0 saturated heterocycles. The molecule has 0 unspecified atom stereocenters. The predicted molar refractivity (Wildman–Crippen MR) is 56.1 cm³/mol. The number of rotatable bonds is 2. The van der Waals surface area contributed by atoms with Crippen molar-refractivity contribution in [3.63, 3.8) is 0 Å². The molecule has 15 heavy (non-hydrogen) atoms. The Balaban J connectivity index is 2.22. The Hall–Kier alpha value is -2.17. The topological polar surface area (TPSA) is 63.8 Å². The van der Waals surface area contributed by atoms with Crippen LogP contribution in [0.4, 0.5) is 21.7 Å². The van der Waals surface area contributed by atoms with Crippen LogP contribution in [0.3, 0.4) is 0 Å². The number of nitrogen functional groups attached to an aromatic ring is 1. The average molecular weight is 204 g/mol. The molecule has 0 aliphatic rings. The molecule has 1 aromatic carbocycles. The SMILES string of the molecule is Nc1cc(Nc2cccc(F)c2)ncn1. The van der Waals surface area contributed by atoms with E-state index >= 15 is 0 Å². The van der Waals surface area contributed by atoms with Gasteiger partial charge in [0.15, 0.2) is 0 Å². The molecular formula is C10H9FN4. The summed E-state index contributed by atoms with van der Waals surface area (Å²) in [6, 6.07) is 7.67. The lowest BCUT2D eigenvalue weighted by Gasteiger charge is -2.04. The first-order valence-corrected chi connectivity index (χ1v) is 4.34. The van der Waals surface area contributed by atoms with Crippen molar-refractivity contribution in [1.29, 1.82) is 0 Å². The largest absolute Gasteiger partial charge is 0.384 e. The highest BCUT2D eigenvalue weighted by atomic mass is 19.1. The second kappa shape index (κ2) is 3.91. The van der Waals surface area contributed by atoms with Gasteiger partial charge in [-0.1, -0.05) is 6.07 Å². The van der Waals surface area contributed by atoms with Crippen molar-refractivity contribution >= 4 is 17.3 Å². The number of benzene rings is 1. The molecule has 0 fully saturated rings. The van der Waals surface area contributed by atoms with Crippen molar-refractivity contribution in [3.8, 4) is 0 Å². The van der Waals surface area contributed by atoms with E-state index in [1.54, 1.807) is 18.2 Å². The van der Waals surface area contributed by atoms with Crippen molar-refractivity contribution in [2.24, 2.45) is 0 Å². The molecule has 1 heterocycles. The zero-order valence-corrected chi connectivity index (χ0v) is 7.81. The van der Waals surface area contributed by atoms with Crippen molar-refractivity contribution in [2.45, 2.75) is 0 Å². The maximum absolute atomic E-state index is 12.9. The lowest BCUT2D eigenvalue weighted by atomic mass is 10.3. The number of hydrogen-bond donors (Lipinski definition) is 2. The number of nitrogens with one attached hydrogen (secondary N) is 1. The minimum Gasteiger partial charge on any atom is -0.384 e. The molecule has 0 radical (unpaired) electrons. The summed E-state index contributed by atoms with van der Waals surface area (Å²) in [6.45, 7) is 0. The van der Waals surface area contributed by atoms with Crippen LogP contribution in [0.1, 0.15) is 0 Å². The predicted octanol–water partition coefficient (Wildman–Crippen LogP) is 1.94. The normalized spacial score (nSPS) is 9.93.